The van der Waals surface area contributed by atoms with Gasteiger partial charge >= 0.3 is 6.03 Å². The molecule has 0 radical (unpaired) electrons. The summed E-state index contributed by atoms with van der Waals surface area (Å²) in [6.45, 7) is 4.63. The number of urea groups is 1. The standard InChI is InChI=1S/C19H29N3O2/c1-4-18(23)21-17-11-9-16(10-12-17)14(2)20-19(24)22(3)13-15-7-5-6-8-15/h9-12,14-15H,4-8,13H2,1-3H3,(H,20,24)(H,21,23)/t14-/m0/s1. The molecule has 5 heteroatoms. The van der Waals surface area contributed by atoms with Gasteiger partial charge in [0.1, 0.15) is 0 Å². The van der Waals surface area contributed by atoms with Gasteiger partial charge in [0.25, 0.3) is 0 Å². The van der Waals surface area contributed by atoms with Crippen molar-refractivity contribution in [2.45, 2.75) is 52.0 Å². The Morgan fingerprint density at radius 2 is 1.83 bits per heavy atom. The van der Waals surface area contributed by atoms with Gasteiger partial charge in [-0.05, 0) is 43.4 Å². The molecule has 0 aliphatic heterocycles. The van der Waals surface area contributed by atoms with E-state index in [4.69, 9.17) is 0 Å². The molecule has 1 aromatic carbocycles. The largest absolute Gasteiger partial charge is 0.331 e. The van der Waals surface area contributed by atoms with E-state index in [0.29, 0.717) is 12.3 Å². The molecule has 1 fully saturated rings. The van der Waals surface area contributed by atoms with Crippen LogP contribution >= 0.6 is 0 Å². The molecule has 24 heavy (non-hydrogen) atoms. The van der Waals surface area contributed by atoms with Crippen molar-refractivity contribution < 1.29 is 9.59 Å². The van der Waals surface area contributed by atoms with Crippen LogP contribution in [0.15, 0.2) is 24.3 Å². The molecular formula is C19H29N3O2. The fraction of sp³-hybridized carbons (Fsp3) is 0.579. The zero-order valence-electron chi connectivity index (χ0n) is 15.0. The molecular weight excluding hydrogens is 302 g/mol. The van der Waals surface area contributed by atoms with Gasteiger partial charge in [0.15, 0.2) is 0 Å². The quantitative estimate of drug-likeness (QED) is 0.830. The van der Waals surface area contributed by atoms with Crippen LogP contribution in [-0.4, -0.2) is 30.4 Å². The molecule has 2 rings (SSSR count). The molecule has 5 nitrogen and oxygen atoms in total. The van der Waals surface area contributed by atoms with E-state index < -0.39 is 0 Å². The lowest BCUT2D eigenvalue weighted by Gasteiger charge is -2.24. The summed E-state index contributed by atoms with van der Waals surface area (Å²) in [5.74, 6) is 0.648. The molecule has 1 aliphatic carbocycles. The Morgan fingerprint density at radius 1 is 1.21 bits per heavy atom. The van der Waals surface area contributed by atoms with E-state index in [1.54, 1.807) is 4.90 Å². The van der Waals surface area contributed by atoms with Crippen LogP contribution in [0.1, 0.15) is 57.6 Å². The minimum atomic E-state index is -0.0699. The number of benzene rings is 1. The lowest BCUT2D eigenvalue weighted by Crippen LogP contribution is -2.40. The minimum Gasteiger partial charge on any atom is -0.331 e. The van der Waals surface area contributed by atoms with Crippen molar-refractivity contribution in [1.29, 1.82) is 0 Å². The number of amides is 3. The highest BCUT2D eigenvalue weighted by Crippen LogP contribution is 2.25. The van der Waals surface area contributed by atoms with Gasteiger partial charge < -0.3 is 15.5 Å². The second-order valence-electron chi connectivity index (χ2n) is 6.73. The molecule has 0 aromatic heterocycles. The Hall–Kier alpha value is -2.04. The molecule has 132 valence electrons. The van der Waals surface area contributed by atoms with E-state index in [1.165, 1.54) is 25.7 Å². The van der Waals surface area contributed by atoms with E-state index in [-0.39, 0.29) is 18.0 Å². The number of carbonyl (C=O) groups excluding carboxylic acids is 2. The zero-order chi connectivity index (χ0) is 17.5. The first-order valence-corrected chi connectivity index (χ1v) is 8.91. The van der Waals surface area contributed by atoms with Crippen molar-refractivity contribution >= 4 is 17.6 Å². The Bertz CT molecular complexity index is 550. The lowest BCUT2D eigenvalue weighted by molar-refractivity contribution is -0.115. The van der Waals surface area contributed by atoms with Crippen LogP contribution in [0.4, 0.5) is 10.5 Å². The van der Waals surface area contributed by atoms with Gasteiger partial charge in [-0.1, -0.05) is 31.9 Å². The molecule has 0 spiro atoms. The molecule has 2 N–H and O–H groups in total. The summed E-state index contributed by atoms with van der Waals surface area (Å²) in [7, 11) is 1.86. The van der Waals surface area contributed by atoms with E-state index in [1.807, 2.05) is 45.2 Å². The summed E-state index contributed by atoms with van der Waals surface area (Å²) in [4.78, 5) is 25.5. The number of nitrogens with one attached hydrogen (secondary N) is 2. The predicted molar refractivity (Wildman–Crippen MR) is 96.9 cm³/mol. The average Bonchev–Trinajstić information content (AvgIpc) is 3.08. The van der Waals surface area contributed by atoms with Crippen LogP contribution in [0.25, 0.3) is 0 Å². The third-order valence-electron chi connectivity index (χ3n) is 4.71. The average molecular weight is 331 g/mol. The monoisotopic (exact) mass is 331 g/mol. The smallest absolute Gasteiger partial charge is 0.317 e. The Morgan fingerprint density at radius 3 is 2.42 bits per heavy atom. The van der Waals surface area contributed by atoms with Crippen molar-refractivity contribution in [1.82, 2.24) is 10.2 Å². The highest BCUT2D eigenvalue weighted by Gasteiger charge is 2.20. The van der Waals surface area contributed by atoms with Crippen molar-refractivity contribution in [3.63, 3.8) is 0 Å². The molecule has 0 heterocycles. The number of rotatable bonds is 6. The second kappa shape index (κ2) is 8.71. The van der Waals surface area contributed by atoms with Crippen molar-refractivity contribution in [2.24, 2.45) is 5.92 Å². The Labute approximate surface area is 144 Å². The minimum absolute atomic E-state index is 0.00219. The summed E-state index contributed by atoms with van der Waals surface area (Å²) in [5.41, 5.74) is 1.80. The van der Waals surface area contributed by atoms with Gasteiger partial charge in [0, 0.05) is 25.7 Å². The Kier molecular flexibility index (Phi) is 6.64. The summed E-state index contributed by atoms with van der Waals surface area (Å²) in [6, 6.07) is 7.51. The fourth-order valence-corrected chi connectivity index (χ4v) is 3.15. The van der Waals surface area contributed by atoms with Gasteiger partial charge in [-0.25, -0.2) is 4.79 Å². The second-order valence-corrected chi connectivity index (χ2v) is 6.73. The van der Waals surface area contributed by atoms with Gasteiger partial charge in [0.05, 0.1) is 6.04 Å². The van der Waals surface area contributed by atoms with Gasteiger partial charge in [-0.2, -0.15) is 0 Å². The maximum Gasteiger partial charge on any atom is 0.317 e. The van der Waals surface area contributed by atoms with E-state index in [9.17, 15) is 9.59 Å². The SMILES string of the molecule is CCC(=O)Nc1ccc([C@H](C)NC(=O)N(C)CC2CCCC2)cc1. The summed E-state index contributed by atoms with van der Waals surface area (Å²) < 4.78 is 0. The molecule has 3 amide bonds. The zero-order valence-corrected chi connectivity index (χ0v) is 15.0. The van der Waals surface area contributed by atoms with Crippen molar-refractivity contribution in [3.8, 4) is 0 Å². The fourth-order valence-electron chi connectivity index (χ4n) is 3.15. The number of anilines is 1. The van der Waals surface area contributed by atoms with Crippen LogP contribution in [0.5, 0.6) is 0 Å². The van der Waals surface area contributed by atoms with E-state index in [2.05, 4.69) is 10.6 Å². The third-order valence-corrected chi connectivity index (χ3v) is 4.71. The topological polar surface area (TPSA) is 61.4 Å². The molecule has 0 bridgehead atoms. The van der Waals surface area contributed by atoms with E-state index >= 15 is 0 Å². The van der Waals surface area contributed by atoms with Crippen LogP contribution in [0.2, 0.25) is 0 Å². The predicted octanol–water partition coefficient (Wildman–Crippen LogP) is 3.93. The van der Waals surface area contributed by atoms with Gasteiger partial charge in [-0.3, -0.25) is 4.79 Å². The van der Waals surface area contributed by atoms with Crippen LogP contribution in [-0.2, 0) is 4.79 Å². The summed E-state index contributed by atoms with van der Waals surface area (Å²) in [5, 5.41) is 5.86. The first kappa shape index (κ1) is 18.3. The molecule has 1 aliphatic rings. The maximum atomic E-state index is 12.3. The van der Waals surface area contributed by atoms with E-state index in [0.717, 1.165) is 17.8 Å². The van der Waals surface area contributed by atoms with Gasteiger partial charge in [-0.15, -0.1) is 0 Å². The first-order chi connectivity index (χ1) is 11.5. The molecule has 0 unspecified atom stereocenters. The molecule has 1 aromatic rings. The van der Waals surface area contributed by atoms with Gasteiger partial charge in [0.2, 0.25) is 5.91 Å². The van der Waals surface area contributed by atoms with Crippen LogP contribution in [0.3, 0.4) is 0 Å². The normalized spacial score (nSPS) is 15.8. The molecule has 0 saturated heterocycles. The first-order valence-electron chi connectivity index (χ1n) is 8.91. The molecule has 1 atom stereocenters. The third kappa shape index (κ3) is 5.25. The van der Waals surface area contributed by atoms with Crippen molar-refractivity contribution in [2.75, 3.05) is 18.9 Å². The summed E-state index contributed by atoms with van der Waals surface area (Å²) in [6.07, 6.45) is 5.51. The van der Waals surface area contributed by atoms with Crippen LogP contribution < -0.4 is 10.6 Å². The van der Waals surface area contributed by atoms with Crippen LogP contribution in [0, 0.1) is 5.92 Å². The number of nitrogens with zero attached hydrogens (tertiary/aromatic N) is 1. The Balaban J connectivity index is 1.85. The highest BCUT2D eigenvalue weighted by molar-refractivity contribution is 5.90. The molecule has 1 saturated carbocycles. The van der Waals surface area contributed by atoms with Crippen molar-refractivity contribution in [3.05, 3.63) is 29.8 Å². The highest BCUT2D eigenvalue weighted by atomic mass is 16.2. The number of carbonyl (C=O) groups is 2. The number of hydrogen-bond acceptors (Lipinski definition) is 2. The number of hydrogen-bond donors (Lipinski definition) is 2. The maximum absolute atomic E-state index is 12.3. The summed E-state index contributed by atoms with van der Waals surface area (Å²) >= 11 is 0. The lowest BCUT2D eigenvalue weighted by atomic mass is 10.1.